The molecule has 5 heteroatoms. The molecule has 2 heterocycles. The molecule has 1 aliphatic heterocycles. The van der Waals surface area contributed by atoms with Crippen LogP contribution in [0.1, 0.15) is 16.8 Å². The molecule has 1 aliphatic rings. The molecule has 0 aliphatic carbocycles. The zero-order chi connectivity index (χ0) is 14.7. The maximum atomic E-state index is 13.6. The third-order valence-electron chi connectivity index (χ3n) is 3.62. The SMILES string of the molecule is O=C(NC1CCN(c2ccccn2)C1)c1ccccc1F. The summed E-state index contributed by atoms with van der Waals surface area (Å²) < 4.78 is 13.6. The Morgan fingerprint density at radius 1 is 1.24 bits per heavy atom. The van der Waals surface area contributed by atoms with Crippen LogP contribution in [-0.2, 0) is 0 Å². The molecule has 3 rings (SSSR count). The van der Waals surface area contributed by atoms with Crippen molar-refractivity contribution in [3.05, 3.63) is 60.0 Å². The normalized spacial score (nSPS) is 17.8. The first-order valence-corrected chi connectivity index (χ1v) is 6.95. The Labute approximate surface area is 122 Å². The van der Waals surface area contributed by atoms with Crippen LogP contribution in [0, 0.1) is 5.82 Å². The summed E-state index contributed by atoms with van der Waals surface area (Å²) in [5, 5.41) is 2.89. The molecule has 1 aromatic carbocycles. The summed E-state index contributed by atoms with van der Waals surface area (Å²) >= 11 is 0. The third-order valence-corrected chi connectivity index (χ3v) is 3.62. The van der Waals surface area contributed by atoms with E-state index in [9.17, 15) is 9.18 Å². The van der Waals surface area contributed by atoms with Crippen LogP contribution in [0.2, 0.25) is 0 Å². The van der Waals surface area contributed by atoms with Crippen LogP contribution < -0.4 is 10.2 Å². The summed E-state index contributed by atoms with van der Waals surface area (Å²) in [6, 6.07) is 11.8. The molecule has 1 saturated heterocycles. The van der Waals surface area contributed by atoms with Crippen molar-refractivity contribution in [1.29, 1.82) is 0 Å². The molecular formula is C16H16FN3O. The number of nitrogens with one attached hydrogen (secondary N) is 1. The fraction of sp³-hybridized carbons (Fsp3) is 0.250. The summed E-state index contributed by atoms with van der Waals surface area (Å²) in [5.74, 6) is 0.0516. The van der Waals surface area contributed by atoms with Crippen molar-refractivity contribution in [2.45, 2.75) is 12.5 Å². The zero-order valence-electron chi connectivity index (χ0n) is 11.5. The topological polar surface area (TPSA) is 45.2 Å². The number of carbonyl (C=O) groups excluding carboxylic acids is 1. The number of hydrogen-bond acceptors (Lipinski definition) is 3. The van der Waals surface area contributed by atoms with Gasteiger partial charge in [-0.25, -0.2) is 9.37 Å². The fourth-order valence-corrected chi connectivity index (χ4v) is 2.54. The highest BCUT2D eigenvalue weighted by atomic mass is 19.1. The molecule has 0 bridgehead atoms. The minimum absolute atomic E-state index is 0.0131. The van der Waals surface area contributed by atoms with E-state index in [0.717, 1.165) is 18.8 Å². The van der Waals surface area contributed by atoms with Gasteiger partial charge in [0.05, 0.1) is 5.56 Å². The van der Waals surface area contributed by atoms with Gasteiger partial charge in [0.15, 0.2) is 0 Å². The molecule has 1 N–H and O–H groups in total. The van der Waals surface area contributed by atoms with Crippen LogP contribution in [0.15, 0.2) is 48.7 Å². The highest BCUT2D eigenvalue weighted by Gasteiger charge is 2.25. The lowest BCUT2D eigenvalue weighted by atomic mass is 10.1. The lowest BCUT2D eigenvalue weighted by molar-refractivity contribution is 0.0936. The van der Waals surface area contributed by atoms with Crippen molar-refractivity contribution < 1.29 is 9.18 Å². The first-order valence-electron chi connectivity index (χ1n) is 6.95. The van der Waals surface area contributed by atoms with Gasteiger partial charge < -0.3 is 10.2 Å². The van der Waals surface area contributed by atoms with Crippen molar-refractivity contribution in [2.75, 3.05) is 18.0 Å². The van der Waals surface area contributed by atoms with Gasteiger partial charge in [-0.2, -0.15) is 0 Å². The molecule has 1 fully saturated rings. The van der Waals surface area contributed by atoms with E-state index >= 15 is 0 Å². The molecule has 0 saturated carbocycles. The number of pyridine rings is 1. The van der Waals surface area contributed by atoms with Gasteiger partial charge in [-0.1, -0.05) is 18.2 Å². The minimum Gasteiger partial charge on any atom is -0.354 e. The summed E-state index contributed by atoms with van der Waals surface area (Å²) in [7, 11) is 0. The molecule has 21 heavy (non-hydrogen) atoms. The van der Waals surface area contributed by atoms with Crippen molar-refractivity contribution in [3.63, 3.8) is 0 Å². The van der Waals surface area contributed by atoms with Gasteiger partial charge in [-0.3, -0.25) is 4.79 Å². The molecule has 1 amide bonds. The summed E-state index contributed by atoms with van der Waals surface area (Å²) in [6.07, 6.45) is 2.58. The van der Waals surface area contributed by atoms with E-state index in [2.05, 4.69) is 15.2 Å². The molecule has 0 radical (unpaired) electrons. The van der Waals surface area contributed by atoms with Crippen molar-refractivity contribution >= 4 is 11.7 Å². The van der Waals surface area contributed by atoms with Crippen molar-refractivity contribution in [2.24, 2.45) is 0 Å². The Hall–Kier alpha value is -2.43. The summed E-state index contributed by atoms with van der Waals surface area (Å²) in [5.41, 5.74) is 0.0915. The zero-order valence-corrected chi connectivity index (χ0v) is 11.5. The van der Waals surface area contributed by atoms with E-state index in [1.165, 1.54) is 12.1 Å². The smallest absolute Gasteiger partial charge is 0.254 e. The molecule has 1 atom stereocenters. The number of nitrogens with zero attached hydrogens (tertiary/aromatic N) is 2. The van der Waals surface area contributed by atoms with Crippen LogP contribution in [0.4, 0.5) is 10.2 Å². The standard InChI is InChI=1S/C16H16FN3O/c17-14-6-2-1-5-13(14)16(21)19-12-8-10-20(11-12)15-7-3-4-9-18-15/h1-7,9,12H,8,10-11H2,(H,19,21). The minimum atomic E-state index is -0.491. The molecule has 1 aromatic heterocycles. The maximum Gasteiger partial charge on any atom is 0.254 e. The third kappa shape index (κ3) is 3.02. The van der Waals surface area contributed by atoms with E-state index in [1.807, 2.05) is 18.2 Å². The van der Waals surface area contributed by atoms with Gasteiger partial charge in [-0.05, 0) is 30.7 Å². The van der Waals surface area contributed by atoms with E-state index in [4.69, 9.17) is 0 Å². The quantitative estimate of drug-likeness (QED) is 0.940. The van der Waals surface area contributed by atoms with E-state index in [0.29, 0.717) is 6.54 Å². The second kappa shape index (κ2) is 5.91. The van der Waals surface area contributed by atoms with Crippen molar-refractivity contribution in [1.82, 2.24) is 10.3 Å². The van der Waals surface area contributed by atoms with E-state index < -0.39 is 5.82 Å². The molecule has 1 unspecified atom stereocenters. The average Bonchev–Trinajstić information content (AvgIpc) is 2.97. The van der Waals surface area contributed by atoms with Crippen LogP contribution >= 0.6 is 0 Å². The average molecular weight is 285 g/mol. The monoisotopic (exact) mass is 285 g/mol. The number of halogens is 1. The number of benzene rings is 1. The summed E-state index contributed by atoms with van der Waals surface area (Å²) in [4.78, 5) is 18.5. The second-order valence-corrected chi connectivity index (χ2v) is 5.07. The van der Waals surface area contributed by atoms with Gasteiger partial charge >= 0.3 is 0 Å². The Kier molecular flexibility index (Phi) is 3.81. The highest BCUT2D eigenvalue weighted by molar-refractivity contribution is 5.94. The highest BCUT2D eigenvalue weighted by Crippen LogP contribution is 2.17. The van der Waals surface area contributed by atoms with E-state index in [-0.39, 0.29) is 17.5 Å². The lowest BCUT2D eigenvalue weighted by Gasteiger charge is -2.17. The molecule has 2 aromatic rings. The number of aromatic nitrogens is 1. The number of amides is 1. The first-order chi connectivity index (χ1) is 10.2. The van der Waals surface area contributed by atoms with Gasteiger partial charge in [0.2, 0.25) is 0 Å². The van der Waals surface area contributed by atoms with Crippen molar-refractivity contribution in [3.8, 4) is 0 Å². The first kappa shape index (κ1) is 13.5. The Morgan fingerprint density at radius 3 is 2.81 bits per heavy atom. The second-order valence-electron chi connectivity index (χ2n) is 5.07. The van der Waals surface area contributed by atoms with Gasteiger partial charge in [-0.15, -0.1) is 0 Å². The predicted octanol–water partition coefficient (Wildman–Crippen LogP) is 2.23. The lowest BCUT2D eigenvalue weighted by Crippen LogP contribution is -2.37. The van der Waals surface area contributed by atoms with Gasteiger partial charge in [0, 0.05) is 25.3 Å². The van der Waals surface area contributed by atoms with E-state index in [1.54, 1.807) is 18.3 Å². The van der Waals surface area contributed by atoms with Crippen LogP contribution in [-0.4, -0.2) is 30.0 Å². The molecule has 4 nitrogen and oxygen atoms in total. The largest absolute Gasteiger partial charge is 0.354 e. The van der Waals surface area contributed by atoms with Gasteiger partial charge in [0.25, 0.3) is 5.91 Å². The Balaban J connectivity index is 1.63. The number of carbonyl (C=O) groups is 1. The number of rotatable bonds is 3. The predicted molar refractivity (Wildman–Crippen MR) is 78.7 cm³/mol. The molecular weight excluding hydrogens is 269 g/mol. The van der Waals surface area contributed by atoms with Crippen LogP contribution in [0.3, 0.4) is 0 Å². The molecule has 0 spiro atoms. The van der Waals surface area contributed by atoms with Crippen LogP contribution in [0.25, 0.3) is 0 Å². The fourth-order valence-electron chi connectivity index (χ4n) is 2.54. The number of hydrogen-bond donors (Lipinski definition) is 1. The maximum absolute atomic E-state index is 13.6. The number of anilines is 1. The Morgan fingerprint density at radius 2 is 2.05 bits per heavy atom. The van der Waals surface area contributed by atoms with Crippen LogP contribution in [0.5, 0.6) is 0 Å². The molecule has 108 valence electrons. The summed E-state index contributed by atoms with van der Waals surface area (Å²) in [6.45, 7) is 1.52. The van der Waals surface area contributed by atoms with Gasteiger partial charge in [0.1, 0.15) is 11.6 Å². The Bertz CT molecular complexity index is 632.